The van der Waals surface area contributed by atoms with E-state index < -0.39 is 6.29 Å². The van der Waals surface area contributed by atoms with Gasteiger partial charge in [0.05, 0.1) is 36.2 Å². The Bertz CT molecular complexity index is 1760. The van der Waals surface area contributed by atoms with Gasteiger partial charge in [-0.1, -0.05) is 61.4 Å². The molecule has 6 rings (SSSR count). The molecule has 296 valence electrons. The van der Waals surface area contributed by atoms with Crippen LogP contribution < -0.4 is 21.7 Å². The molecule has 3 aromatic rings. The van der Waals surface area contributed by atoms with Gasteiger partial charge in [-0.05, 0) is 101 Å². The number of aliphatic hydroxyl groups is 1. The lowest BCUT2D eigenvalue weighted by molar-refractivity contribution is -0.255. The fraction of sp³-hybridized carbons (Fsp3) is 0.523. The number of nitrogens with two attached hydrogens (primary N) is 1. The highest BCUT2D eigenvalue weighted by molar-refractivity contribution is 5.94. The average Bonchev–Trinajstić information content (AvgIpc) is 3.17. The molecule has 55 heavy (non-hydrogen) atoms. The van der Waals surface area contributed by atoms with Crippen LogP contribution in [0.2, 0.25) is 0 Å². The van der Waals surface area contributed by atoms with Crippen molar-refractivity contribution in [1.29, 1.82) is 0 Å². The fourth-order valence-corrected chi connectivity index (χ4v) is 8.38. The monoisotopic (exact) mass is 753 g/mol. The minimum atomic E-state index is -0.705. The zero-order chi connectivity index (χ0) is 39.0. The number of carbonyl (C=O) groups excluding carboxylic acids is 3. The van der Waals surface area contributed by atoms with E-state index in [9.17, 15) is 19.5 Å². The number of nitrogen functional groups attached to an aromatic ring is 1. The van der Waals surface area contributed by atoms with Crippen molar-refractivity contribution in [2.45, 2.75) is 134 Å². The van der Waals surface area contributed by atoms with Crippen molar-refractivity contribution in [2.24, 2.45) is 5.92 Å². The Labute approximate surface area is 325 Å². The first-order valence-electron chi connectivity index (χ1n) is 20.1. The van der Waals surface area contributed by atoms with Crippen LogP contribution in [0.3, 0.4) is 0 Å². The van der Waals surface area contributed by atoms with Crippen LogP contribution >= 0.6 is 0 Å². The Morgan fingerprint density at radius 3 is 2.29 bits per heavy atom. The number of aliphatic hydroxyl groups excluding tert-OH is 1. The highest BCUT2D eigenvalue weighted by Crippen LogP contribution is 2.42. The zero-order valence-electron chi connectivity index (χ0n) is 32.6. The lowest BCUT2D eigenvalue weighted by Crippen LogP contribution is -2.61. The number of benzene rings is 3. The van der Waals surface area contributed by atoms with Crippen molar-refractivity contribution >= 4 is 34.8 Å². The molecule has 3 aliphatic rings. The lowest BCUT2D eigenvalue weighted by atomic mass is 9.75. The number of unbranched alkanes of at least 4 members (excludes halogenated alkanes) is 1. The number of rotatable bonds is 13. The molecule has 3 fully saturated rings. The maximum atomic E-state index is 13.8. The number of nitrogens with zero attached hydrogens (tertiary/aromatic N) is 1. The van der Waals surface area contributed by atoms with Gasteiger partial charge in [0.25, 0.3) is 0 Å². The van der Waals surface area contributed by atoms with Crippen LogP contribution in [0.25, 0.3) is 0 Å². The number of anilines is 3. The Morgan fingerprint density at radius 1 is 0.836 bits per heavy atom. The van der Waals surface area contributed by atoms with Gasteiger partial charge in [-0.3, -0.25) is 19.3 Å². The summed E-state index contributed by atoms with van der Waals surface area (Å²) in [6.45, 7) is 6.67. The molecule has 11 heteroatoms. The first kappa shape index (κ1) is 40.4. The van der Waals surface area contributed by atoms with E-state index in [4.69, 9.17) is 15.2 Å². The maximum Gasteiger partial charge on any atom is 0.237 e. The van der Waals surface area contributed by atoms with E-state index >= 15 is 0 Å². The van der Waals surface area contributed by atoms with Crippen molar-refractivity contribution in [3.63, 3.8) is 0 Å². The summed E-state index contributed by atoms with van der Waals surface area (Å²) in [5.41, 5.74) is 9.95. The molecule has 0 aromatic heterocycles. The number of piperidine rings is 1. The first-order valence-corrected chi connectivity index (χ1v) is 20.1. The van der Waals surface area contributed by atoms with E-state index in [1.165, 1.54) is 19.3 Å². The van der Waals surface area contributed by atoms with Crippen molar-refractivity contribution in [3.05, 3.63) is 89.5 Å². The predicted molar refractivity (Wildman–Crippen MR) is 215 cm³/mol. The first-order chi connectivity index (χ1) is 26.5. The van der Waals surface area contributed by atoms with Crippen LogP contribution in [0.15, 0.2) is 72.8 Å². The van der Waals surface area contributed by atoms with Gasteiger partial charge in [-0.2, -0.15) is 0 Å². The zero-order valence-corrected chi connectivity index (χ0v) is 32.6. The second kappa shape index (κ2) is 18.6. The number of para-hydroxylation sites is 2. The summed E-state index contributed by atoms with van der Waals surface area (Å²) in [5, 5.41) is 18.8. The second-order valence-electron chi connectivity index (χ2n) is 16.5. The number of nitrogens with one attached hydrogen (secondary N) is 3. The van der Waals surface area contributed by atoms with Crippen LogP contribution in [0.5, 0.6) is 0 Å². The predicted octanol–water partition coefficient (Wildman–Crippen LogP) is 7.38. The fourth-order valence-electron chi connectivity index (χ4n) is 8.38. The number of amides is 3. The van der Waals surface area contributed by atoms with Gasteiger partial charge in [0, 0.05) is 48.6 Å². The quantitative estimate of drug-likeness (QED) is 0.0895. The number of hydrogen-bond acceptors (Lipinski definition) is 8. The van der Waals surface area contributed by atoms with Gasteiger partial charge >= 0.3 is 0 Å². The molecular weight excluding hydrogens is 695 g/mol. The van der Waals surface area contributed by atoms with Crippen LogP contribution in [0.4, 0.5) is 17.1 Å². The summed E-state index contributed by atoms with van der Waals surface area (Å²) in [5.74, 6) is 0.389. The third-order valence-corrected chi connectivity index (χ3v) is 11.1. The topological polar surface area (TPSA) is 155 Å². The average molecular weight is 754 g/mol. The second-order valence-corrected chi connectivity index (χ2v) is 16.5. The molecule has 6 N–H and O–H groups in total. The van der Waals surface area contributed by atoms with E-state index in [1.807, 2.05) is 81.4 Å². The normalized spacial score (nSPS) is 24.4. The summed E-state index contributed by atoms with van der Waals surface area (Å²) in [7, 11) is 0. The molecule has 3 aromatic carbocycles. The summed E-state index contributed by atoms with van der Waals surface area (Å²) < 4.78 is 13.5. The van der Waals surface area contributed by atoms with Gasteiger partial charge in [-0.15, -0.1) is 0 Å². The van der Waals surface area contributed by atoms with Gasteiger partial charge in [0.1, 0.15) is 0 Å². The highest BCUT2D eigenvalue weighted by atomic mass is 16.7. The summed E-state index contributed by atoms with van der Waals surface area (Å²) >= 11 is 0. The standard InChI is InChI=1S/C44H59N5O6/c1-44(2,3)48-42(53)38-24-23-30-11-4-7-16-37(30)49(38)27-34-26-39(31-21-19-29(28-50)20-22-31)55-43(54-34)32-12-10-13-33(25-32)46-40(51)17-8-9-18-41(52)47-36-15-6-5-14-35(36)45/h5-6,10,12-15,19-22,25,30,34,37-39,43,50H,4,7-9,11,16-18,23-24,26-28,45H2,1-3H3,(H,46,51)(H,47,52)(H,48,53). The van der Waals surface area contributed by atoms with Crippen LogP contribution in [-0.4, -0.2) is 58.0 Å². The molecule has 1 saturated carbocycles. The molecular formula is C44H59N5O6. The Balaban J connectivity index is 1.13. The van der Waals surface area contributed by atoms with Gasteiger partial charge in [0.2, 0.25) is 17.7 Å². The Kier molecular flexibility index (Phi) is 13.6. The molecule has 11 nitrogen and oxygen atoms in total. The Morgan fingerprint density at radius 2 is 1.56 bits per heavy atom. The molecule has 2 aliphatic heterocycles. The highest BCUT2D eigenvalue weighted by Gasteiger charge is 2.44. The van der Waals surface area contributed by atoms with E-state index in [1.54, 1.807) is 12.1 Å². The Hall–Kier alpha value is -4.29. The number of hydrogen-bond donors (Lipinski definition) is 5. The summed E-state index contributed by atoms with van der Waals surface area (Å²) in [6.07, 6.45) is 7.69. The number of carbonyl (C=O) groups is 3. The molecule has 1 aliphatic carbocycles. The number of fused-ring (bicyclic) bond motifs is 1. The molecule has 6 unspecified atom stereocenters. The van der Waals surface area contributed by atoms with Crippen LogP contribution in [-0.2, 0) is 30.5 Å². The lowest BCUT2D eigenvalue weighted by Gasteiger charge is -2.50. The van der Waals surface area contributed by atoms with Gasteiger partial charge in [0.15, 0.2) is 6.29 Å². The van der Waals surface area contributed by atoms with E-state index in [0.717, 1.165) is 36.0 Å². The van der Waals surface area contributed by atoms with Crippen molar-refractivity contribution in [3.8, 4) is 0 Å². The molecule has 2 heterocycles. The molecule has 3 amide bonds. The molecule has 2 saturated heterocycles. The molecule has 6 atom stereocenters. The molecule has 0 spiro atoms. The summed E-state index contributed by atoms with van der Waals surface area (Å²) in [6, 6.07) is 22.7. The maximum absolute atomic E-state index is 13.8. The van der Waals surface area contributed by atoms with Crippen LogP contribution in [0.1, 0.15) is 120 Å². The van der Waals surface area contributed by atoms with Gasteiger partial charge < -0.3 is 36.3 Å². The third-order valence-electron chi connectivity index (χ3n) is 11.1. The third kappa shape index (κ3) is 11.2. The van der Waals surface area contributed by atoms with Crippen molar-refractivity contribution in [1.82, 2.24) is 10.2 Å². The SMILES string of the molecule is CC(C)(C)NC(=O)C1CCC2CCCCC2N1CC1CC(c2ccc(CO)cc2)OC(c2cccc(NC(=O)CCCCC(=O)Nc3ccccc3N)c2)O1. The van der Waals surface area contributed by atoms with Crippen molar-refractivity contribution in [2.75, 3.05) is 22.9 Å². The van der Waals surface area contributed by atoms with E-state index in [0.29, 0.717) is 61.2 Å². The molecule has 0 radical (unpaired) electrons. The minimum Gasteiger partial charge on any atom is -0.397 e. The minimum absolute atomic E-state index is 0.0344. The van der Waals surface area contributed by atoms with Crippen molar-refractivity contribution < 1.29 is 29.0 Å². The summed E-state index contributed by atoms with van der Waals surface area (Å²) in [4.78, 5) is 41.6. The van der Waals surface area contributed by atoms with E-state index in [-0.39, 0.29) is 54.5 Å². The largest absolute Gasteiger partial charge is 0.397 e. The smallest absolute Gasteiger partial charge is 0.237 e. The number of likely N-dealkylation sites (tertiary alicyclic amines) is 1. The molecule has 0 bridgehead atoms. The number of ether oxygens (including phenoxy) is 2. The van der Waals surface area contributed by atoms with E-state index in [2.05, 4.69) is 20.9 Å². The van der Waals surface area contributed by atoms with Gasteiger partial charge in [-0.25, -0.2) is 0 Å². The van der Waals surface area contributed by atoms with Crippen LogP contribution in [0, 0.1) is 5.92 Å².